The van der Waals surface area contributed by atoms with E-state index in [0.717, 1.165) is 25.3 Å². The summed E-state index contributed by atoms with van der Waals surface area (Å²) in [5.41, 5.74) is 5.09. The van der Waals surface area contributed by atoms with Crippen LogP contribution in [0.1, 0.15) is 23.7 Å². The Hall–Kier alpha value is -1.51. The summed E-state index contributed by atoms with van der Waals surface area (Å²) < 4.78 is 44.7. The van der Waals surface area contributed by atoms with Gasteiger partial charge in [-0.15, -0.1) is 0 Å². The van der Waals surface area contributed by atoms with E-state index in [1.165, 1.54) is 4.31 Å². The molecule has 6 nitrogen and oxygen atoms in total. The number of carbonyl (C=O) groups is 1. The Bertz CT molecular complexity index is 692. The van der Waals surface area contributed by atoms with Crippen molar-refractivity contribution in [3.05, 3.63) is 29.6 Å². The zero-order valence-electron chi connectivity index (χ0n) is 12.5. The maximum Gasteiger partial charge on any atom is 0.339 e. The van der Waals surface area contributed by atoms with Gasteiger partial charge in [-0.3, -0.25) is 0 Å². The summed E-state index contributed by atoms with van der Waals surface area (Å²) in [6.45, 7) is 2.86. The van der Waals surface area contributed by atoms with E-state index < -0.39 is 21.8 Å². The summed E-state index contributed by atoms with van der Waals surface area (Å²) >= 11 is 0. The lowest BCUT2D eigenvalue weighted by molar-refractivity contribution is 0.0595. The standard InChI is InChI=1S/C14H19FN2O4S/c1-14(8-16)5-6-17(9-14)22(19,20)12-4-3-10(15)7-11(12)13(18)21-2/h3-4,7H,5-6,8-9,16H2,1-2H3. The summed E-state index contributed by atoms with van der Waals surface area (Å²) in [7, 11) is -2.80. The Labute approximate surface area is 129 Å². The maximum atomic E-state index is 13.4. The Morgan fingerprint density at radius 3 is 2.73 bits per heavy atom. The molecule has 1 atom stereocenters. The van der Waals surface area contributed by atoms with E-state index >= 15 is 0 Å². The first-order valence-electron chi connectivity index (χ1n) is 6.81. The van der Waals surface area contributed by atoms with Crippen molar-refractivity contribution in [3.8, 4) is 0 Å². The third-order valence-corrected chi connectivity index (χ3v) is 5.88. The van der Waals surface area contributed by atoms with Gasteiger partial charge in [0.05, 0.1) is 17.6 Å². The lowest BCUT2D eigenvalue weighted by Crippen LogP contribution is -2.35. The van der Waals surface area contributed by atoms with E-state index in [-0.39, 0.29) is 22.4 Å². The summed E-state index contributed by atoms with van der Waals surface area (Å²) in [6, 6.07) is 2.98. The quantitative estimate of drug-likeness (QED) is 0.831. The number of rotatable bonds is 4. The van der Waals surface area contributed by atoms with Crippen molar-refractivity contribution in [3.63, 3.8) is 0 Å². The molecule has 1 aliphatic heterocycles. The first-order valence-corrected chi connectivity index (χ1v) is 8.25. The van der Waals surface area contributed by atoms with Gasteiger partial charge in [0.25, 0.3) is 0 Å². The fourth-order valence-electron chi connectivity index (χ4n) is 2.49. The van der Waals surface area contributed by atoms with Crippen molar-refractivity contribution >= 4 is 16.0 Å². The molecule has 0 radical (unpaired) electrons. The topological polar surface area (TPSA) is 89.7 Å². The molecular formula is C14H19FN2O4S. The van der Waals surface area contributed by atoms with E-state index in [9.17, 15) is 17.6 Å². The highest BCUT2D eigenvalue weighted by Crippen LogP contribution is 2.33. The molecule has 0 aromatic heterocycles. The van der Waals surface area contributed by atoms with Gasteiger partial charge in [-0.1, -0.05) is 6.92 Å². The first kappa shape index (κ1) is 16.9. The van der Waals surface area contributed by atoms with Gasteiger partial charge >= 0.3 is 5.97 Å². The molecule has 1 fully saturated rings. The third kappa shape index (κ3) is 2.99. The van der Waals surface area contributed by atoms with Crippen LogP contribution in [0.5, 0.6) is 0 Å². The van der Waals surface area contributed by atoms with Crippen LogP contribution in [0.3, 0.4) is 0 Å². The second-order valence-electron chi connectivity index (χ2n) is 5.74. The molecule has 0 saturated carbocycles. The van der Waals surface area contributed by atoms with Gasteiger partial charge in [0, 0.05) is 13.1 Å². The van der Waals surface area contributed by atoms with E-state index in [1.54, 1.807) is 0 Å². The van der Waals surface area contributed by atoms with E-state index in [2.05, 4.69) is 4.74 Å². The van der Waals surface area contributed by atoms with Crippen molar-refractivity contribution in [2.45, 2.75) is 18.2 Å². The van der Waals surface area contributed by atoms with Gasteiger partial charge in [-0.2, -0.15) is 4.31 Å². The van der Waals surface area contributed by atoms with Gasteiger partial charge in [0.2, 0.25) is 10.0 Å². The predicted octanol–water partition coefficient (Wildman–Crippen LogP) is 0.972. The molecule has 0 bridgehead atoms. The Kier molecular flexibility index (Phi) is 4.55. The van der Waals surface area contributed by atoms with Crippen molar-refractivity contribution in [1.82, 2.24) is 4.31 Å². The van der Waals surface area contributed by atoms with E-state index in [1.807, 2.05) is 6.92 Å². The van der Waals surface area contributed by atoms with Crippen LogP contribution in [0.25, 0.3) is 0 Å². The van der Waals surface area contributed by atoms with Gasteiger partial charge < -0.3 is 10.5 Å². The minimum Gasteiger partial charge on any atom is -0.465 e. The number of sulfonamides is 1. The minimum absolute atomic E-state index is 0.248. The SMILES string of the molecule is COC(=O)c1cc(F)ccc1S(=O)(=O)N1CCC(C)(CN)C1. The number of halogens is 1. The highest BCUT2D eigenvalue weighted by Gasteiger charge is 2.40. The lowest BCUT2D eigenvalue weighted by atomic mass is 9.90. The summed E-state index contributed by atoms with van der Waals surface area (Å²) in [5.74, 6) is -1.59. The largest absolute Gasteiger partial charge is 0.465 e. The molecule has 1 unspecified atom stereocenters. The number of carbonyl (C=O) groups excluding carboxylic acids is 1. The molecule has 1 aliphatic rings. The maximum absolute atomic E-state index is 13.4. The Morgan fingerprint density at radius 1 is 1.50 bits per heavy atom. The molecule has 8 heteroatoms. The van der Waals surface area contributed by atoms with Crippen LogP contribution in [0.15, 0.2) is 23.1 Å². The number of nitrogens with two attached hydrogens (primary N) is 1. The van der Waals surface area contributed by atoms with Crippen molar-refractivity contribution in [2.75, 3.05) is 26.7 Å². The molecule has 1 aromatic carbocycles. The predicted molar refractivity (Wildman–Crippen MR) is 78.3 cm³/mol. The summed E-state index contributed by atoms with van der Waals surface area (Å²) in [5, 5.41) is 0. The Balaban J connectivity index is 2.45. The number of hydrogen-bond donors (Lipinski definition) is 1. The number of benzene rings is 1. The molecule has 1 saturated heterocycles. The van der Waals surface area contributed by atoms with Crippen molar-refractivity contribution in [1.29, 1.82) is 0 Å². The van der Waals surface area contributed by atoms with Gasteiger partial charge in [0.1, 0.15) is 5.82 Å². The van der Waals surface area contributed by atoms with Gasteiger partial charge in [0.15, 0.2) is 0 Å². The average molecular weight is 330 g/mol. The van der Waals surface area contributed by atoms with E-state index in [0.29, 0.717) is 19.5 Å². The molecule has 0 spiro atoms. The normalized spacial score (nSPS) is 22.7. The zero-order valence-corrected chi connectivity index (χ0v) is 13.3. The molecule has 0 aliphatic carbocycles. The van der Waals surface area contributed by atoms with Gasteiger partial charge in [-0.05, 0) is 36.6 Å². The molecule has 0 amide bonds. The van der Waals surface area contributed by atoms with Crippen LogP contribution in [0.2, 0.25) is 0 Å². The molecule has 2 rings (SSSR count). The fraction of sp³-hybridized carbons (Fsp3) is 0.500. The van der Waals surface area contributed by atoms with Crippen LogP contribution in [-0.4, -0.2) is 45.4 Å². The highest BCUT2D eigenvalue weighted by molar-refractivity contribution is 7.89. The highest BCUT2D eigenvalue weighted by atomic mass is 32.2. The Morgan fingerprint density at radius 2 is 2.18 bits per heavy atom. The number of esters is 1. The number of nitrogens with zero attached hydrogens (tertiary/aromatic N) is 1. The van der Waals surface area contributed by atoms with Crippen LogP contribution in [0.4, 0.5) is 4.39 Å². The third-order valence-electron chi connectivity index (χ3n) is 3.98. The second-order valence-corrected chi connectivity index (χ2v) is 7.64. The lowest BCUT2D eigenvalue weighted by Gasteiger charge is -2.23. The van der Waals surface area contributed by atoms with Crippen LogP contribution >= 0.6 is 0 Å². The van der Waals surface area contributed by atoms with E-state index in [4.69, 9.17) is 5.73 Å². The number of ether oxygens (including phenoxy) is 1. The first-order chi connectivity index (χ1) is 10.2. The average Bonchev–Trinajstić information content (AvgIpc) is 2.90. The van der Waals surface area contributed by atoms with Crippen LogP contribution < -0.4 is 5.73 Å². The molecule has 1 aromatic rings. The van der Waals surface area contributed by atoms with Crippen molar-refractivity contribution in [2.24, 2.45) is 11.1 Å². The van der Waals surface area contributed by atoms with Crippen LogP contribution in [-0.2, 0) is 14.8 Å². The summed E-state index contributed by atoms with van der Waals surface area (Å²) in [6.07, 6.45) is 0.636. The smallest absolute Gasteiger partial charge is 0.339 e. The van der Waals surface area contributed by atoms with Gasteiger partial charge in [-0.25, -0.2) is 17.6 Å². The zero-order chi connectivity index (χ0) is 16.5. The number of hydrogen-bond acceptors (Lipinski definition) is 5. The van der Waals surface area contributed by atoms with Crippen LogP contribution in [0, 0.1) is 11.2 Å². The number of methoxy groups -OCH3 is 1. The monoisotopic (exact) mass is 330 g/mol. The second kappa shape index (κ2) is 5.94. The van der Waals surface area contributed by atoms with Crippen molar-refractivity contribution < 1.29 is 22.3 Å². The molecule has 1 heterocycles. The molecule has 2 N–H and O–H groups in total. The minimum atomic E-state index is -3.91. The summed E-state index contributed by atoms with van der Waals surface area (Å²) in [4.78, 5) is 11.5. The fourth-order valence-corrected chi connectivity index (χ4v) is 4.24. The molecule has 22 heavy (non-hydrogen) atoms. The molecular weight excluding hydrogens is 311 g/mol. The molecule has 122 valence electrons.